The Morgan fingerprint density at radius 3 is 2.47 bits per heavy atom. The van der Waals surface area contributed by atoms with Gasteiger partial charge in [0.05, 0.1) is 13.2 Å². The molecule has 0 aromatic carbocycles. The summed E-state index contributed by atoms with van der Waals surface area (Å²) in [6, 6.07) is 0.219. The van der Waals surface area contributed by atoms with E-state index in [1.807, 2.05) is 13.8 Å². The van der Waals surface area contributed by atoms with E-state index in [4.69, 9.17) is 4.74 Å². The first-order valence-electron chi connectivity index (χ1n) is 6.52. The maximum atomic E-state index is 11.8. The van der Waals surface area contributed by atoms with Gasteiger partial charge in [0.2, 0.25) is 0 Å². The highest BCUT2D eigenvalue weighted by Crippen LogP contribution is 1.99. The summed E-state index contributed by atoms with van der Waals surface area (Å²) < 4.78 is 5.30. The van der Waals surface area contributed by atoms with Gasteiger partial charge in [0.15, 0.2) is 0 Å². The van der Waals surface area contributed by atoms with Crippen LogP contribution >= 0.6 is 0 Å². The molecule has 1 heterocycles. The molecule has 17 heavy (non-hydrogen) atoms. The molecule has 0 saturated carbocycles. The molecule has 0 spiro atoms. The molecule has 5 heteroatoms. The van der Waals surface area contributed by atoms with E-state index in [1.54, 1.807) is 4.90 Å². The van der Waals surface area contributed by atoms with Crippen LogP contribution in [-0.2, 0) is 4.74 Å². The summed E-state index contributed by atoms with van der Waals surface area (Å²) in [5.74, 6) is 0. The zero-order valence-corrected chi connectivity index (χ0v) is 11.2. The third kappa shape index (κ3) is 4.91. The van der Waals surface area contributed by atoms with Gasteiger partial charge in [-0.15, -0.1) is 0 Å². The number of hydrogen-bond donors (Lipinski definition) is 1. The van der Waals surface area contributed by atoms with Crippen LogP contribution in [0.3, 0.4) is 0 Å². The molecule has 1 rings (SSSR count). The topological polar surface area (TPSA) is 44.8 Å². The zero-order chi connectivity index (χ0) is 12.7. The molecular weight excluding hydrogens is 218 g/mol. The van der Waals surface area contributed by atoms with Gasteiger partial charge in [-0.1, -0.05) is 0 Å². The summed E-state index contributed by atoms with van der Waals surface area (Å²) in [4.78, 5) is 16.0. The van der Waals surface area contributed by atoms with Crippen molar-refractivity contribution in [2.45, 2.75) is 26.8 Å². The van der Waals surface area contributed by atoms with E-state index in [-0.39, 0.29) is 12.1 Å². The Bertz CT molecular complexity index is 226. The maximum Gasteiger partial charge on any atom is 0.317 e. The fourth-order valence-corrected chi connectivity index (χ4v) is 2.03. The highest BCUT2D eigenvalue weighted by Gasteiger charge is 2.16. The molecule has 0 aromatic rings. The number of hydrogen-bond acceptors (Lipinski definition) is 3. The van der Waals surface area contributed by atoms with Crippen LogP contribution in [-0.4, -0.2) is 67.8 Å². The van der Waals surface area contributed by atoms with Crippen LogP contribution < -0.4 is 5.32 Å². The van der Waals surface area contributed by atoms with Gasteiger partial charge in [-0.3, -0.25) is 4.90 Å². The van der Waals surface area contributed by atoms with Crippen molar-refractivity contribution in [3.05, 3.63) is 0 Å². The standard InChI is InChI=1S/C12H25N3O2/c1-4-15(5-2)12(16)13-11(3)10-14-6-8-17-9-7-14/h11H,4-10H2,1-3H3,(H,13,16). The number of carbonyl (C=O) groups is 1. The van der Waals surface area contributed by atoms with Crippen LogP contribution in [0.15, 0.2) is 0 Å². The monoisotopic (exact) mass is 243 g/mol. The Balaban J connectivity index is 2.27. The number of nitrogens with zero attached hydrogens (tertiary/aromatic N) is 2. The highest BCUT2D eigenvalue weighted by atomic mass is 16.5. The lowest BCUT2D eigenvalue weighted by atomic mass is 10.3. The van der Waals surface area contributed by atoms with E-state index in [0.29, 0.717) is 0 Å². The summed E-state index contributed by atoms with van der Waals surface area (Å²) in [5.41, 5.74) is 0. The second-order valence-electron chi connectivity index (χ2n) is 4.44. The Labute approximate surface area is 104 Å². The summed E-state index contributed by atoms with van der Waals surface area (Å²) in [6.07, 6.45) is 0. The lowest BCUT2D eigenvalue weighted by Gasteiger charge is -2.30. The van der Waals surface area contributed by atoms with Gasteiger partial charge >= 0.3 is 6.03 Å². The average Bonchev–Trinajstić information content (AvgIpc) is 2.31. The van der Waals surface area contributed by atoms with Gasteiger partial charge in [-0.05, 0) is 20.8 Å². The summed E-state index contributed by atoms with van der Waals surface area (Å²) in [7, 11) is 0. The molecule has 0 radical (unpaired) electrons. The number of carbonyl (C=O) groups excluding carboxylic acids is 1. The first-order chi connectivity index (χ1) is 8.17. The molecule has 1 unspecified atom stereocenters. The zero-order valence-electron chi connectivity index (χ0n) is 11.2. The van der Waals surface area contributed by atoms with E-state index >= 15 is 0 Å². The molecule has 1 N–H and O–H groups in total. The Morgan fingerprint density at radius 1 is 1.35 bits per heavy atom. The van der Waals surface area contributed by atoms with E-state index in [2.05, 4.69) is 17.1 Å². The molecule has 5 nitrogen and oxygen atoms in total. The Kier molecular flexibility index (Phi) is 6.29. The number of ether oxygens (including phenoxy) is 1. The molecule has 100 valence electrons. The second-order valence-corrected chi connectivity index (χ2v) is 4.44. The third-order valence-corrected chi connectivity index (χ3v) is 3.06. The minimum Gasteiger partial charge on any atom is -0.379 e. The highest BCUT2D eigenvalue weighted by molar-refractivity contribution is 5.74. The quantitative estimate of drug-likeness (QED) is 0.775. The van der Waals surface area contributed by atoms with Gasteiger partial charge < -0.3 is 15.0 Å². The van der Waals surface area contributed by atoms with Gasteiger partial charge in [0, 0.05) is 38.8 Å². The van der Waals surface area contributed by atoms with Gasteiger partial charge in [0.25, 0.3) is 0 Å². The molecule has 0 bridgehead atoms. The van der Waals surface area contributed by atoms with E-state index < -0.39 is 0 Å². The normalized spacial score (nSPS) is 18.8. The van der Waals surface area contributed by atoms with Gasteiger partial charge in [-0.25, -0.2) is 4.79 Å². The molecule has 1 aliphatic heterocycles. The molecule has 2 amide bonds. The minimum atomic E-state index is 0.0377. The van der Waals surface area contributed by atoms with E-state index in [9.17, 15) is 4.79 Å². The smallest absolute Gasteiger partial charge is 0.317 e. The van der Waals surface area contributed by atoms with Gasteiger partial charge in [0.1, 0.15) is 0 Å². The third-order valence-electron chi connectivity index (χ3n) is 3.06. The van der Waals surface area contributed by atoms with Crippen molar-refractivity contribution < 1.29 is 9.53 Å². The fourth-order valence-electron chi connectivity index (χ4n) is 2.03. The lowest BCUT2D eigenvalue weighted by Crippen LogP contribution is -2.49. The average molecular weight is 243 g/mol. The number of morpholine rings is 1. The van der Waals surface area contributed by atoms with E-state index in [0.717, 1.165) is 45.9 Å². The van der Waals surface area contributed by atoms with Gasteiger partial charge in [-0.2, -0.15) is 0 Å². The number of amides is 2. The largest absolute Gasteiger partial charge is 0.379 e. The summed E-state index contributed by atoms with van der Waals surface area (Å²) >= 11 is 0. The minimum absolute atomic E-state index is 0.0377. The van der Waals surface area contributed by atoms with Crippen LogP contribution in [0, 0.1) is 0 Å². The van der Waals surface area contributed by atoms with Crippen molar-refractivity contribution in [1.29, 1.82) is 0 Å². The predicted molar refractivity (Wildman–Crippen MR) is 68.2 cm³/mol. The molecule has 0 aliphatic carbocycles. The first-order valence-corrected chi connectivity index (χ1v) is 6.52. The first kappa shape index (κ1) is 14.3. The maximum absolute atomic E-state index is 11.8. The van der Waals surface area contributed by atoms with Crippen LogP contribution in [0.4, 0.5) is 4.79 Å². The molecule has 1 saturated heterocycles. The number of nitrogens with one attached hydrogen (secondary N) is 1. The van der Waals surface area contributed by atoms with Crippen LogP contribution in [0.5, 0.6) is 0 Å². The lowest BCUT2D eigenvalue weighted by molar-refractivity contribution is 0.0346. The number of urea groups is 1. The SMILES string of the molecule is CCN(CC)C(=O)NC(C)CN1CCOCC1. The van der Waals surface area contributed by atoms with Crippen molar-refractivity contribution in [3.8, 4) is 0 Å². The molecule has 1 aliphatic rings. The second kappa shape index (κ2) is 7.50. The van der Waals surface area contributed by atoms with Crippen molar-refractivity contribution in [2.75, 3.05) is 45.9 Å². The summed E-state index contributed by atoms with van der Waals surface area (Å²) in [5, 5.41) is 3.03. The van der Waals surface area contributed by atoms with Crippen molar-refractivity contribution in [3.63, 3.8) is 0 Å². The van der Waals surface area contributed by atoms with Crippen molar-refractivity contribution in [1.82, 2.24) is 15.1 Å². The fraction of sp³-hybridized carbons (Fsp3) is 0.917. The molecule has 1 atom stereocenters. The molecule has 0 aromatic heterocycles. The van der Waals surface area contributed by atoms with E-state index in [1.165, 1.54) is 0 Å². The summed E-state index contributed by atoms with van der Waals surface area (Å²) in [6.45, 7) is 12.0. The van der Waals surface area contributed by atoms with Crippen molar-refractivity contribution in [2.24, 2.45) is 0 Å². The number of rotatable bonds is 5. The Hall–Kier alpha value is -0.810. The van der Waals surface area contributed by atoms with Crippen LogP contribution in [0.1, 0.15) is 20.8 Å². The molecule has 1 fully saturated rings. The van der Waals surface area contributed by atoms with Crippen molar-refractivity contribution >= 4 is 6.03 Å². The van der Waals surface area contributed by atoms with Crippen LogP contribution in [0.25, 0.3) is 0 Å². The van der Waals surface area contributed by atoms with Crippen LogP contribution in [0.2, 0.25) is 0 Å². The predicted octanol–water partition coefficient (Wildman–Crippen LogP) is 0.759. The molecular formula is C12H25N3O2. The Morgan fingerprint density at radius 2 is 1.94 bits per heavy atom.